The standard InChI is InChI=1S/C22H20N4O4/c1-28-19-6-4-14(9-20(19)29-2)18-11-24-22-17(25-13-27)8-16(12-26(18)22)15-5-7-21(30-3)23-10-15/h4-13H,1-3H3,(H,25,27). The molecule has 1 aromatic carbocycles. The number of anilines is 1. The van der Waals surface area contributed by atoms with Crippen molar-refractivity contribution < 1.29 is 19.0 Å². The molecule has 0 saturated heterocycles. The highest BCUT2D eigenvalue weighted by atomic mass is 16.5. The Kier molecular flexibility index (Phi) is 5.21. The number of benzene rings is 1. The van der Waals surface area contributed by atoms with Crippen LogP contribution in [0.15, 0.2) is 55.0 Å². The van der Waals surface area contributed by atoms with Crippen molar-refractivity contribution >= 4 is 17.7 Å². The van der Waals surface area contributed by atoms with Crippen LogP contribution < -0.4 is 19.5 Å². The number of nitrogens with zero attached hydrogens (tertiary/aromatic N) is 3. The topological polar surface area (TPSA) is 87.0 Å². The van der Waals surface area contributed by atoms with Gasteiger partial charge in [-0.3, -0.25) is 9.20 Å². The van der Waals surface area contributed by atoms with E-state index in [4.69, 9.17) is 14.2 Å². The molecule has 0 aliphatic carbocycles. The molecule has 8 nitrogen and oxygen atoms in total. The smallest absolute Gasteiger partial charge is 0.212 e. The SMILES string of the molecule is COc1ccc(-c2cc(NC=O)c3ncc(-c4ccc(OC)c(OC)c4)n3c2)cn1. The third-order valence-electron chi connectivity index (χ3n) is 4.78. The Bertz CT molecular complexity index is 1200. The first-order chi connectivity index (χ1) is 14.7. The highest BCUT2D eigenvalue weighted by Crippen LogP contribution is 2.34. The summed E-state index contributed by atoms with van der Waals surface area (Å²) in [6.07, 6.45) is 6.06. The maximum Gasteiger partial charge on any atom is 0.212 e. The summed E-state index contributed by atoms with van der Waals surface area (Å²) < 4.78 is 17.8. The van der Waals surface area contributed by atoms with Gasteiger partial charge >= 0.3 is 0 Å². The first-order valence-corrected chi connectivity index (χ1v) is 9.12. The molecule has 0 saturated carbocycles. The third-order valence-corrected chi connectivity index (χ3v) is 4.78. The van der Waals surface area contributed by atoms with Gasteiger partial charge in [-0.05, 0) is 30.3 Å². The molecule has 1 N–H and O–H groups in total. The highest BCUT2D eigenvalue weighted by molar-refractivity contribution is 5.86. The average molecular weight is 404 g/mol. The summed E-state index contributed by atoms with van der Waals surface area (Å²) in [6.45, 7) is 0. The van der Waals surface area contributed by atoms with Gasteiger partial charge in [-0.1, -0.05) is 0 Å². The van der Waals surface area contributed by atoms with E-state index >= 15 is 0 Å². The number of hydrogen-bond donors (Lipinski definition) is 1. The fourth-order valence-corrected chi connectivity index (χ4v) is 3.30. The zero-order valence-electron chi connectivity index (χ0n) is 16.7. The third kappa shape index (κ3) is 3.39. The van der Waals surface area contributed by atoms with Crippen molar-refractivity contribution in [1.82, 2.24) is 14.4 Å². The Labute approximate surface area is 173 Å². The monoisotopic (exact) mass is 404 g/mol. The lowest BCUT2D eigenvalue weighted by Gasteiger charge is -2.12. The molecule has 0 spiro atoms. The van der Waals surface area contributed by atoms with Crippen LogP contribution in [0.5, 0.6) is 17.4 Å². The van der Waals surface area contributed by atoms with E-state index in [9.17, 15) is 4.79 Å². The van der Waals surface area contributed by atoms with E-state index in [0.29, 0.717) is 35.1 Å². The van der Waals surface area contributed by atoms with Gasteiger partial charge < -0.3 is 19.5 Å². The average Bonchev–Trinajstić information content (AvgIpc) is 3.23. The normalized spacial score (nSPS) is 10.6. The lowest BCUT2D eigenvalue weighted by atomic mass is 10.1. The minimum atomic E-state index is 0.528. The van der Waals surface area contributed by atoms with Gasteiger partial charge in [-0.15, -0.1) is 0 Å². The van der Waals surface area contributed by atoms with Crippen LogP contribution in [0.25, 0.3) is 28.0 Å². The summed E-state index contributed by atoms with van der Waals surface area (Å²) in [5.41, 5.74) is 4.67. The number of carbonyl (C=O) groups excluding carboxylic acids is 1. The maximum atomic E-state index is 11.2. The van der Waals surface area contributed by atoms with Crippen LogP contribution in [0.4, 0.5) is 5.69 Å². The summed E-state index contributed by atoms with van der Waals surface area (Å²) in [5, 5.41) is 2.74. The molecule has 4 rings (SSSR count). The van der Waals surface area contributed by atoms with Crippen molar-refractivity contribution in [3.8, 4) is 39.8 Å². The largest absolute Gasteiger partial charge is 0.493 e. The Morgan fingerprint density at radius 2 is 1.67 bits per heavy atom. The number of pyridine rings is 2. The van der Waals surface area contributed by atoms with E-state index in [1.54, 1.807) is 39.8 Å². The van der Waals surface area contributed by atoms with Crippen LogP contribution in [0.2, 0.25) is 0 Å². The van der Waals surface area contributed by atoms with Crippen LogP contribution in [-0.2, 0) is 4.79 Å². The van der Waals surface area contributed by atoms with E-state index in [-0.39, 0.29) is 0 Å². The number of rotatable bonds is 7. The van der Waals surface area contributed by atoms with E-state index in [0.717, 1.165) is 22.4 Å². The lowest BCUT2D eigenvalue weighted by Crippen LogP contribution is -2.00. The number of carbonyl (C=O) groups is 1. The molecule has 1 amide bonds. The van der Waals surface area contributed by atoms with Gasteiger partial charge in [0.05, 0.1) is 38.9 Å². The second-order valence-corrected chi connectivity index (χ2v) is 6.40. The quantitative estimate of drug-likeness (QED) is 0.473. The highest BCUT2D eigenvalue weighted by Gasteiger charge is 2.14. The second kappa shape index (κ2) is 8.12. The van der Waals surface area contributed by atoms with Crippen LogP contribution in [0, 0.1) is 0 Å². The number of fused-ring (bicyclic) bond motifs is 1. The summed E-state index contributed by atoms with van der Waals surface area (Å²) in [4.78, 5) is 20.0. The first kappa shape index (κ1) is 19.3. The molecule has 8 heteroatoms. The molecule has 0 aliphatic heterocycles. The zero-order chi connectivity index (χ0) is 21.1. The molecule has 3 heterocycles. The maximum absolute atomic E-state index is 11.2. The number of amides is 1. The predicted molar refractivity (Wildman–Crippen MR) is 113 cm³/mol. The molecule has 4 aromatic rings. The Balaban J connectivity index is 1.89. The van der Waals surface area contributed by atoms with Crippen molar-refractivity contribution in [2.24, 2.45) is 0 Å². The van der Waals surface area contributed by atoms with Gasteiger partial charge in [0.25, 0.3) is 0 Å². The molecule has 30 heavy (non-hydrogen) atoms. The van der Waals surface area contributed by atoms with Crippen molar-refractivity contribution in [2.45, 2.75) is 0 Å². The zero-order valence-corrected chi connectivity index (χ0v) is 16.7. The summed E-state index contributed by atoms with van der Waals surface area (Å²) in [6, 6.07) is 11.2. The number of hydrogen-bond acceptors (Lipinski definition) is 6. The summed E-state index contributed by atoms with van der Waals surface area (Å²) >= 11 is 0. The fourth-order valence-electron chi connectivity index (χ4n) is 3.30. The fraction of sp³-hybridized carbons (Fsp3) is 0.136. The molecular formula is C22H20N4O4. The minimum Gasteiger partial charge on any atom is -0.493 e. The van der Waals surface area contributed by atoms with E-state index in [1.165, 1.54) is 0 Å². The molecular weight excluding hydrogens is 384 g/mol. The van der Waals surface area contributed by atoms with Crippen molar-refractivity contribution in [3.05, 3.63) is 55.0 Å². The molecule has 0 aliphatic rings. The van der Waals surface area contributed by atoms with Gasteiger partial charge in [0.15, 0.2) is 17.1 Å². The molecule has 0 atom stereocenters. The van der Waals surface area contributed by atoms with E-state index in [1.807, 2.05) is 40.9 Å². The van der Waals surface area contributed by atoms with Gasteiger partial charge in [0, 0.05) is 35.2 Å². The van der Waals surface area contributed by atoms with Crippen molar-refractivity contribution in [1.29, 1.82) is 0 Å². The number of ether oxygens (including phenoxy) is 3. The second-order valence-electron chi connectivity index (χ2n) is 6.40. The van der Waals surface area contributed by atoms with Crippen molar-refractivity contribution in [2.75, 3.05) is 26.6 Å². The Hall–Kier alpha value is -4.07. The van der Waals surface area contributed by atoms with Gasteiger partial charge in [0.2, 0.25) is 12.3 Å². The summed E-state index contributed by atoms with van der Waals surface area (Å²) in [7, 11) is 4.76. The number of aromatic nitrogens is 3. The van der Waals surface area contributed by atoms with Crippen LogP contribution >= 0.6 is 0 Å². The first-order valence-electron chi connectivity index (χ1n) is 9.12. The number of nitrogens with one attached hydrogen (secondary N) is 1. The molecule has 3 aromatic heterocycles. The molecule has 0 unspecified atom stereocenters. The number of imidazole rings is 1. The predicted octanol–water partition coefficient (Wildman–Crippen LogP) is 3.66. The minimum absolute atomic E-state index is 0.528. The van der Waals surface area contributed by atoms with Crippen LogP contribution in [-0.4, -0.2) is 42.1 Å². The van der Waals surface area contributed by atoms with E-state index in [2.05, 4.69) is 15.3 Å². The molecule has 152 valence electrons. The van der Waals surface area contributed by atoms with Crippen LogP contribution in [0.3, 0.4) is 0 Å². The van der Waals surface area contributed by atoms with E-state index < -0.39 is 0 Å². The molecule has 0 bridgehead atoms. The lowest BCUT2D eigenvalue weighted by molar-refractivity contribution is -0.105. The molecule has 0 radical (unpaired) electrons. The van der Waals surface area contributed by atoms with Crippen LogP contribution in [0.1, 0.15) is 0 Å². The Morgan fingerprint density at radius 1 is 0.867 bits per heavy atom. The van der Waals surface area contributed by atoms with Gasteiger partial charge in [-0.2, -0.15) is 0 Å². The van der Waals surface area contributed by atoms with Gasteiger partial charge in [-0.25, -0.2) is 9.97 Å². The molecule has 0 fully saturated rings. The van der Waals surface area contributed by atoms with Crippen molar-refractivity contribution in [3.63, 3.8) is 0 Å². The Morgan fingerprint density at radius 3 is 2.33 bits per heavy atom. The summed E-state index contributed by atoms with van der Waals surface area (Å²) in [5.74, 6) is 1.79. The van der Waals surface area contributed by atoms with Gasteiger partial charge in [0.1, 0.15) is 0 Å². The number of methoxy groups -OCH3 is 3.